The number of rotatable bonds is 2. The second kappa shape index (κ2) is 8.86. The zero-order valence-electron chi connectivity index (χ0n) is 22.5. The average molecular weight is 543 g/mol. The van der Waals surface area contributed by atoms with Crippen LogP contribution in [0.15, 0.2) is 97.1 Å². The number of hydrogen-bond donors (Lipinski definition) is 0. The number of nitrogens with zero attached hydrogens (tertiary/aromatic N) is 2. The second-order valence-electron chi connectivity index (χ2n) is 10.9. The van der Waals surface area contributed by atoms with Crippen molar-refractivity contribution in [2.75, 3.05) is 0 Å². The highest BCUT2D eigenvalue weighted by molar-refractivity contribution is 7.20. The third kappa shape index (κ3) is 3.26. The smallest absolute Gasteiger partial charge is 0.0788 e. The first-order valence-electron chi connectivity index (χ1n) is 14.4. The fraction of sp³-hybridized carbons (Fsp3) is 0.105. The number of para-hydroxylation sites is 2. The number of allylic oxidation sites excluding steroid dienone is 2. The molecule has 3 aromatic heterocycles. The van der Waals surface area contributed by atoms with E-state index >= 15 is 0 Å². The van der Waals surface area contributed by atoms with Crippen molar-refractivity contribution in [1.82, 2.24) is 9.13 Å². The number of benzene rings is 4. The summed E-state index contributed by atoms with van der Waals surface area (Å²) in [5.74, 6) is 6.87. The van der Waals surface area contributed by atoms with Gasteiger partial charge in [0.25, 0.3) is 0 Å². The summed E-state index contributed by atoms with van der Waals surface area (Å²) in [5, 5.41) is 5.24. The maximum absolute atomic E-state index is 3.50. The molecule has 0 amide bonds. The third-order valence-electron chi connectivity index (χ3n) is 8.70. The number of thiophene rings is 1. The molecule has 0 fully saturated rings. The predicted molar refractivity (Wildman–Crippen MR) is 175 cm³/mol. The van der Waals surface area contributed by atoms with E-state index in [1.54, 1.807) is 0 Å². The van der Waals surface area contributed by atoms with Crippen LogP contribution in [0.25, 0.3) is 66.3 Å². The Labute approximate surface area is 242 Å². The van der Waals surface area contributed by atoms with Gasteiger partial charge in [-0.3, -0.25) is 0 Å². The van der Waals surface area contributed by atoms with Crippen LogP contribution in [0.3, 0.4) is 0 Å². The van der Waals surface area contributed by atoms with E-state index in [9.17, 15) is 0 Å². The zero-order chi connectivity index (χ0) is 26.9. The predicted octanol–water partition coefficient (Wildman–Crippen LogP) is 9.86. The lowest BCUT2D eigenvalue weighted by Gasteiger charge is -2.16. The van der Waals surface area contributed by atoms with Gasteiger partial charge in [-0.25, -0.2) is 0 Å². The molecule has 2 aliphatic rings. The van der Waals surface area contributed by atoms with Crippen molar-refractivity contribution in [2.24, 2.45) is 0 Å². The molecule has 0 saturated carbocycles. The van der Waals surface area contributed by atoms with Crippen LogP contribution < -0.4 is 0 Å². The maximum Gasteiger partial charge on any atom is 0.0788 e. The molecular weight excluding hydrogens is 516 g/mol. The Kier molecular flexibility index (Phi) is 4.97. The first-order valence-corrected chi connectivity index (χ1v) is 15.2. The molecule has 2 aliphatic carbocycles. The van der Waals surface area contributed by atoms with E-state index in [0.29, 0.717) is 0 Å². The van der Waals surface area contributed by atoms with Crippen LogP contribution in [0.5, 0.6) is 0 Å². The fourth-order valence-electron chi connectivity index (χ4n) is 7.02. The summed E-state index contributed by atoms with van der Waals surface area (Å²) >= 11 is 1.92. The maximum atomic E-state index is 3.50. The Hall–Kier alpha value is -4.78. The highest BCUT2D eigenvalue weighted by Gasteiger charge is 2.25. The molecular formula is C38H26N2S. The molecule has 3 heteroatoms. The van der Waals surface area contributed by atoms with Gasteiger partial charge < -0.3 is 9.13 Å². The lowest BCUT2D eigenvalue weighted by atomic mass is 10.00. The minimum atomic E-state index is 0.726. The van der Waals surface area contributed by atoms with Crippen molar-refractivity contribution in [3.8, 4) is 23.2 Å². The number of aryl methyl sites for hydroxylation is 1. The molecule has 7 aromatic rings. The van der Waals surface area contributed by atoms with Crippen molar-refractivity contribution in [1.29, 1.82) is 0 Å². The van der Waals surface area contributed by atoms with Crippen LogP contribution in [-0.4, -0.2) is 9.13 Å². The van der Waals surface area contributed by atoms with Crippen LogP contribution >= 0.6 is 11.3 Å². The molecule has 0 unspecified atom stereocenters. The van der Waals surface area contributed by atoms with Crippen molar-refractivity contribution in [3.63, 3.8) is 0 Å². The van der Waals surface area contributed by atoms with Gasteiger partial charge in [0.05, 0.1) is 28.7 Å². The molecule has 2 nitrogen and oxygen atoms in total. The molecule has 3 heterocycles. The van der Waals surface area contributed by atoms with Gasteiger partial charge in [-0.05, 0) is 54.8 Å². The van der Waals surface area contributed by atoms with E-state index in [1.165, 1.54) is 75.9 Å². The van der Waals surface area contributed by atoms with Gasteiger partial charge in [-0.1, -0.05) is 84.7 Å². The Balaban J connectivity index is 1.54. The summed E-state index contributed by atoms with van der Waals surface area (Å²) in [6, 6.07) is 31.2. The van der Waals surface area contributed by atoms with Gasteiger partial charge in [-0.2, -0.15) is 0 Å². The minimum Gasteiger partial charge on any atom is -0.309 e. The Morgan fingerprint density at radius 2 is 1.54 bits per heavy atom. The Morgan fingerprint density at radius 3 is 2.49 bits per heavy atom. The molecule has 0 radical (unpaired) electrons. The molecule has 0 spiro atoms. The largest absolute Gasteiger partial charge is 0.309 e. The van der Waals surface area contributed by atoms with E-state index in [4.69, 9.17) is 0 Å². The summed E-state index contributed by atoms with van der Waals surface area (Å²) in [7, 11) is 0. The van der Waals surface area contributed by atoms with Crippen molar-refractivity contribution in [2.45, 2.75) is 25.7 Å². The van der Waals surface area contributed by atoms with Crippen LogP contribution in [0.2, 0.25) is 0 Å². The van der Waals surface area contributed by atoms with Crippen LogP contribution in [-0.2, 0) is 12.8 Å². The molecule has 0 saturated heterocycles. The highest BCUT2D eigenvalue weighted by Crippen LogP contribution is 2.45. The lowest BCUT2D eigenvalue weighted by molar-refractivity contribution is 0.991. The van der Waals surface area contributed by atoms with Gasteiger partial charge in [0, 0.05) is 54.5 Å². The van der Waals surface area contributed by atoms with Gasteiger partial charge in [0.2, 0.25) is 0 Å². The zero-order valence-corrected chi connectivity index (χ0v) is 23.3. The molecule has 0 atom stereocenters. The van der Waals surface area contributed by atoms with Crippen LogP contribution in [0, 0.1) is 11.8 Å². The fourth-order valence-corrected chi connectivity index (χ4v) is 8.22. The molecule has 0 aliphatic heterocycles. The van der Waals surface area contributed by atoms with E-state index in [2.05, 4.69) is 130 Å². The number of aromatic nitrogens is 2. The lowest BCUT2D eigenvalue weighted by Crippen LogP contribution is -2.04. The quantitative estimate of drug-likeness (QED) is 0.192. The Bertz CT molecular complexity index is 2310. The molecule has 194 valence electrons. The first kappa shape index (κ1) is 23.0. The summed E-state index contributed by atoms with van der Waals surface area (Å²) in [4.78, 5) is 1.40. The normalized spacial score (nSPS) is 15.0. The molecule has 0 N–H and O–H groups in total. The monoisotopic (exact) mass is 542 g/mol. The van der Waals surface area contributed by atoms with Gasteiger partial charge in [0.15, 0.2) is 0 Å². The topological polar surface area (TPSA) is 9.86 Å². The van der Waals surface area contributed by atoms with Crippen molar-refractivity contribution in [3.05, 3.63) is 119 Å². The van der Waals surface area contributed by atoms with Crippen LogP contribution in [0.4, 0.5) is 0 Å². The Morgan fingerprint density at radius 1 is 0.683 bits per heavy atom. The summed E-state index contributed by atoms with van der Waals surface area (Å²) in [5.41, 5.74) is 10.3. The third-order valence-corrected chi connectivity index (χ3v) is 9.86. The molecule has 9 rings (SSSR count). The standard InChI is InChI=1S/C38H26N2S/c1-2-7-18-32-27(15-6-1)29-24-23-28-26-16-8-10-19-31(26)39(25-13-4-3-5-14-25)37(28)38(29)40(32)33-20-12-22-35-36(33)30-17-9-11-21-34(30)41-35/h3-6,8,10-16,19-24H,1,9,17-18H2/b15-6-. The molecule has 0 bridgehead atoms. The number of fused-ring (bicyclic) bond motifs is 10. The van der Waals surface area contributed by atoms with Crippen LogP contribution in [0.1, 0.15) is 34.5 Å². The van der Waals surface area contributed by atoms with Gasteiger partial charge >= 0.3 is 0 Å². The van der Waals surface area contributed by atoms with E-state index in [0.717, 1.165) is 25.7 Å². The SMILES string of the molecule is C1#CCc2c(c3ccc4c5ccccc5n(-c5ccccc5)c4c3n2-c2cccc3sc4c(c23)CCC=C4)/C=C\C1. The first-order chi connectivity index (χ1) is 20.4. The van der Waals surface area contributed by atoms with Crippen molar-refractivity contribution >= 4 is 66.3 Å². The van der Waals surface area contributed by atoms with Crippen molar-refractivity contribution < 1.29 is 0 Å². The summed E-state index contributed by atoms with van der Waals surface area (Å²) in [6.45, 7) is 0. The summed E-state index contributed by atoms with van der Waals surface area (Å²) < 4.78 is 6.40. The second-order valence-corrected chi connectivity index (χ2v) is 12.0. The number of hydrogen-bond acceptors (Lipinski definition) is 1. The van der Waals surface area contributed by atoms with E-state index in [-0.39, 0.29) is 0 Å². The van der Waals surface area contributed by atoms with Gasteiger partial charge in [0.1, 0.15) is 0 Å². The highest BCUT2D eigenvalue weighted by atomic mass is 32.1. The average Bonchev–Trinajstić information content (AvgIpc) is 3.65. The minimum absolute atomic E-state index is 0.726. The van der Waals surface area contributed by atoms with E-state index in [1.807, 2.05) is 11.3 Å². The molecule has 41 heavy (non-hydrogen) atoms. The van der Waals surface area contributed by atoms with E-state index < -0.39 is 0 Å². The summed E-state index contributed by atoms with van der Waals surface area (Å²) in [6.07, 6.45) is 12.9. The van der Waals surface area contributed by atoms with Gasteiger partial charge in [-0.15, -0.1) is 11.3 Å². The molecule has 4 aromatic carbocycles.